The molecule has 9 heteroatoms. The Morgan fingerprint density at radius 1 is 0.923 bits per heavy atom. The van der Waals surface area contributed by atoms with Gasteiger partial charge >= 0.3 is 87.4 Å². The van der Waals surface area contributed by atoms with Gasteiger partial charge in [-0.05, 0) is 0 Å². The van der Waals surface area contributed by atoms with Gasteiger partial charge in [-0.25, -0.2) is 0 Å². The molecule has 0 fully saturated rings. The molecule has 13 heavy (non-hydrogen) atoms. The summed E-state index contributed by atoms with van der Waals surface area (Å²) in [5.74, 6) is 5.04. The van der Waals surface area contributed by atoms with Gasteiger partial charge in [-0.15, -0.1) is 0 Å². The summed E-state index contributed by atoms with van der Waals surface area (Å²) in [6.07, 6.45) is 0. The first-order chi connectivity index (χ1) is 5.45. The summed E-state index contributed by atoms with van der Waals surface area (Å²) < 4.78 is 3.68. The van der Waals surface area contributed by atoms with Gasteiger partial charge in [-0.2, -0.15) is 0 Å². The van der Waals surface area contributed by atoms with Gasteiger partial charge in [0.2, 0.25) is 0 Å². The van der Waals surface area contributed by atoms with E-state index < -0.39 is 0 Å². The molecule has 0 bridgehead atoms. The third kappa shape index (κ3) is 5.56. The Bertz CT molecular complexity index is 275. The minimum atomic E-state index is -0.211. The summed E-state index contributed by atoms with van der Waals surface area (Å²) in [5.41, 5.74) is 0. The second-order valence-electron chi connectivity index (χ2n) is 1.84. The molecule has 0 aromatic carbocycles. The second-order valence-corrected chi connectivity index (χ2v) is 17.6. The van der Waals surface area contributed by atoms with E-state index in [1.165, 1.54) is 0 Å². The van der Waals surface area contributed by atoms with Crippen LogP contribution < -0.4 is 30.8 Å². The summed E-state index contributed by atoms with van der Waals surface area (Å²) in [6.45, 7) is 0. The van der Waals surface area contributed by atoms with E-state index in [2.05, 4.69) is 11.6 Å². The van der Waals surface area contributed by atoms with Gasteiger partial charge in [0.25, 0.3) is 0 Å². The SMILES string of the molecule is [Cl-].[Cl-].c1[pH]pp[c]1[Zr+2][c]1c[pH]pp1. The van der Waals surface area contributed by atoms with E-state index in [4.69, 9.17) is 0 Å². The fourth-order valence-corrected chi connectivity index (χ4v) is 25.9. The van der Waals surface area contributed by atoms with Crippen molar-refractivity contribution in [3.8, 4) is 0 Å². The van der Waals surface area contributed by atoms with Crippen molar-refractivity contribution in [2.24, 2.45) is 0 Å². The summed E-state index contributed by atoms with van der Waals surface area (Å²) in [5, 5.41) is 0. The van der Waals surface area contributed by atoms with E-state index in [0.29, 0.717) is 0 Å². The third-order valence-electron chi connectivity index (χ3n) is 1.09. The fraction of sp³-hybridized carbons (Fsp3) is 0. The van der Waals surface area contributed by atoms with Crippen LogP contribution in [0.25, 0.3) is 0 Å². The molecule has 0 amide bonds. The number of hydrogen-bond acceptors (Lipinski definition) is 0. The van der Waals surface area contributed by atoms with Crippen molar-refractivity contribution in [1.82, 2.24) is 0 Å². The Hall–Kier alpha value is 2.74. The van der Waals surface area contributed by atoms with Crippen LogP contribution in [0.2, 0.25) is 0 Å². The average Bonchev–Trinajstić information content (AvgIpc) is 2.60. The Morgan fingerprint density at radius 2 is 1.38 bits per heavy atom. The Labute approximate surface area is 111 Å². The van der Waals surface area contributed by atoms with Crippen molar-refractivity contribution in [1.29, 1.82) is 0 Å². The van der Waals surface area contributed by atoms with Crippen LogP contribution in [0.4, 0.5) is 0 Å². The monoisotopic (exact) mass is 398 g/mol. The van der Waals surface area contributed by atoms with Crippen molar-refractivity contribution in [2.45, 2.75) is 0 Å². The number of halogens is 2. The van der Waals surface area contributed by atoms with Crippen molar-refractivity contribution in [2.75, 3.05) is 0 Å². The van der Waals surface area contributed by atoms with Crippen LogP contribution in [0.1, 0.15) is 0 Å². The average molecular weight is 400 g/mol. The summed E-state index contributed by atoms with van der Waals surface area (Å²) in [6, 6.07) is 0. The predicted molar refractivity (Wildman–Crippen MR) is 61.2 cm³/mol. The zero-order valence-corrected chi connectivity index (χ0v) is 15.7. The van der Waals surface area contributed by atoms with E-state index in [-0.39, 0.29) is 48.0 Å². The Kier molecular flexibility index (Phi) is 10.7. The fourth-order valence-electron chi connectivity index (χ4n) is 0.657. The molecule has 0 N–H and O–H groups in total. The summed E-state index contributed by atoms with van der Waals surface area (Å²) >= 11 is -0.211. The summed E-state index contributed by atoms with van der Waals surface area (Å²) in [4.78, 5) is 0. The van der Waals surface area contributed by atoms with Crippen LogP contribution in [0.5, 0.6) is 0 Å². The molecule has 2 unspecified atom stereocenters. The summed E-state index contributed by atoms with van der Waals surface area (Å²) in [7, 11) is 8.87. The van der Waals surface area contributed by atoms with Crippen LogP contribution in [-0.4, -0.2) is 0 Å². The number of rotatable bonds is 2. The van der Waals surface area contributed by atoms with Crippen LogP contribution in [-0.2, 0) is 23.2 Å². The third-order valence-corrected chi connectivity index (χ3v) is 19.9. The zero-order chi connectivity index (χ0) is 7.52. The molecule has 0 saturated carbocycles. The first-order valence-electron chi connectivity index (χ1n) is 2.95. The second kappa shape index (κ2) is 8.85. The Balaban J connectivity index is 0.000000720. The first-order valence-corrected chi connectivity index (χ1v) is 14.2. The normalized spacial score (nSPS) is 11.7. The molecule has 0 aliphatic heterocycles. The minimum absolute atomic E-state index is 0. The molecule has 0 saturated heterocycles. The predicted octanol–water partition coefficient (Wildman–Crippen LogP) is -1.89. The van der Waals surface area contributed by atoms with Crippen LogP contribution >= 0.6 is 46.6 Å². The molecule has 2 rings (SSSR count). The van der Waals surface area contributed by atoms with E-state index in [0.717, 1.165) is 15.7 Å². The van der Waals surface area contributed by atoms with Gasteiger partial charge in [0, 0.05) is 0 Å². The van der Waals surface area contributed by atoms with Gasteiger partial charge in [-0.1, -0.05) is 0 Å². The molecular formula is C4H4Cl2P6Zr. The standard InChI is InChI=1S/2C2H2P3.2ClH.Zr/c2*1-2-4-5-3-1;;;/h2*1,3H;2*1H;/q;;;;+2/p-2. The van der Waals surface area contributed by atoms with E-state index >= 15 is 0 Å². The van der Waals surface area contributed by atoms with Crippen molar-refractivity contribution in [3.05, 3.63) is 11.6 Å². The van der Waals surface area contributed by atoms with E-state index in [1.807, 2.05) is 6.01 Å². The molecule has 0 aliphatic carbocycles. The first kappa shape index (κ1) is 15.7. The van der Waals surface area contributed by atoms with Gasteiger partial charge < -0.3 is 24.8 Å². The van der Waals surface area contributed by atoms with Gasteiger partial charge in [0.15, 0.2) is 0 Å². The van der Waals surface area contributed by atoms with Crippen molar-refractivity contribution < 1.29 is 48.0 Å². The maximum atomic E-state index is 2.52. The molecule has 0 spiro atoms. The van der Waals surface area contributed by atoms with Crippen LogP contribution in [0, 0.1) is 0 Å². The van der Waals surface area contributed by atoms with Crippen molar-refractivity contribution >= 4 is 52.6 Å². The quantitative estimate of drug-likeness (QED) is 0.554. The molecule has 2 aromatic heterocycles. The van der Waals surface area contributed by atoms with Crippen molar-refractivity contribution in [3.63, 3.8) is 0 Å². The molecule has 68 valence electrons. The van der Waals surface area contributed by atoms with Gasteiger partial charge in [0.1, 0.15) is 0 Å². The topological polar surface area (TPSA) is 0 Å². The molecule has 2 atom stereocenters. The Morgan fingerprint density at radius 3 is 1.69 bits per heavy atom. The van der Waals surface area contributed by atoms with E-state index in [9.17, 15) is 0 Å². The molecule has 2 aromatic rings. The zero-order valence-electron chi connectivity index (χ0n) is 6.20. The molecule has 0 nitrogen and oxygen atoms in total. The van der Waals surface area contributed by atoms with Gasteiger partial charge in [0.05, 0.1) is 0 Å². The van der Waals surface area contributed by atoms with Crippen LogP contribution in [0.15, 0.2) is 11.6 Å². The molecule has 0 aliphatic rings. The molecule has 2 heterocycles. The number of hydrogen-bond donors (Lipinski definition) is 0. The van der Waals surface area contributed by atoms with Crippen LogP contribution in [0.3, 0.4) is 0 Å². The molecular weight excluding hydrogens is 396 g/mol. The van der Waals surface area contributed by atoms with E-state index in [1.54, 1.807) is 30.8 Å². The molecule has 0 radical (unpaired) electrons. The van der Waals surface area contributed by atoms with Gasteiger partial charge in [-0.3, -0.25) is 0 Å². The maximum absolute atomic E-state index is 2.52.